The number of para-hydroxylation sites is 1. The number of thiophene rings is 1. The molecule has 2 heterocycles. The largest absolute Gasteiger partial charge is 0.419 e. The maximum absolute atomic E-state index is 12.3. The van der Waals surface area contributed by atoms with E-state index in [1.807, 2.05) is 23.6 Å². The molecule has 0 aliphatic rings. The number of benzene rings is 1. The van der Waals surface area contributed by atoms with Crippen LogP contribution in [0, 0.1) is 0 Å². The summed E-state index contributed by atoms with van der Waals surface area (Å²) in [6.07, 6.45) is 0. The fourth-order valence-corrected chi connectivity index (χ4v) is 3.14. The molecule has 29 heavy (non-hydrogen) atoms. The van der Waals surface area contributed by atoms with Gasteiger partial charge in [0.1, 0.15) is 0 Å². The van der Waals surface area contributed by atoms with E-state index < -0.39 is 11.9 Å². The minimum Gasteiger partial charge on any atom is -0.419 e. The van der Waals surface area contributed by atoms with Gasteiger partial charge < -0.3 is 14.5 Å². The van der Waals surface area contributed by atoms with E-state index >= 15 is 0 Å². The third-order valence-electron chi connectivity index (χ3n) is 3.82. The van der Waals surface area contributed by atoms with Gasteiger partial charge in [0.15, 0.2) is 0 Å². The normalized spacial score (nSPS) is 10.8. The van der Waals surface area contributed by atoms with Gasteiger partial charge in [0.2, 0.25) is 11.8 Å². The number of imide groups is 1. The predicted octanol–water partition coefficient (Wildman–Crippen LogP) is 2.59. The highest BCUT2D eigenvalue weighted by Crippen LogP contribution is 2.23. The summed E-state index contributed by atoms with van der Waals surface area (Å²) in [6.45, 7) is 1.11. The number of rotatable bonds is 9. The molecule has 2 aromatic heterocycles. The zero-order chi connectivity index (χ0) is 20.5. The van der Waals surface area contributed by atoms with Crippen molar-refractivity contribution in [1.29, 1.82) is 0 Å². The van der Waals surface area contributed by atoms with Crippen molar-refractivity contribution in [2.24, 2.45) is 0 Å². The molecule has 0 spiro atoms. The number of methoxy groups -OCH3 is 1. The molecule has 0 radical (unpaired) electrons. The average molecular weight is 415 g/mol. The molecule has 0 aliphatic heterocycles. The van der Waals surface area contributed by atoms with Crippen LogP contribution in [0.1, 0.15) is 5.89 Å². The second kappa shape index (κ2) is 10.5. The smallest absolute Gasteiger partial charge is 0.325 e. The first-order valence-corrected chi connectivity index (χ1v) is 9.75. The molecule has 0 saturated carbocycles. The lowest BCUT2D eigenvalue weighted by Gasteiger charge is -2.19. The lowest BCUT2D eigenvalue weighted by molar-refractivity contribution is -0.121. The molecule has 0 bridgehead atoms. The van der Waals surface area contributed by atoms with Crippen LogP contribution in [0.4, 0.5) is 10.5 Å². The summed E-state index contributed by atoms with van der Waals surface area (Å²) in [6, 6.07) is 12.1. The first-order chi connectivity index (χ1) is 14.1. The van der Waals surface area contributed by atoms with Crippen LogP contribution in [0.15, 0.2) is 52.3 Å². The summed E-state index contributed by atoms with van der Waals surface area (Å²) in [5.74, 6) is 0.368. The van der Waals surface area contributed by atoms with Gasteiger partial charge in [-0.25, -0.2) is 4.79 Å². The molecule has 0 atom stereocenters. The summed E-state index contributed by atoms with van der Waals surface area (Å²) in [5, 5.41) is 14.9. The Hall–Kier alpha value is -3.08. The Morgan fingerprint density at radius 3 is 2.72 bits per heavy atom. The molecule has 3 aromatic rings. The third-order valence-corrected chi connectivity index (χ3v) is 4.68. The number of carbonyl (C=O) groups excluding carboxylic acids is 2. The molecule has 9 nitrogen and oxygen atoms in total. The summed E-state index contributed by atoms with van der Waals surface area (Å²) >= 11 is 1.50. The van der Waals surface area contributed by atoms with Crippen molar-refractivity contribution in [3.63, 3.8) is 0 Å². The minimum absolute atomic E-state index is 0.0255. The maximum Gasteiger partial charge on any atom is 0.325 e. The lowest BCUT2D eigenvalue weighted by atomic mass is 10.3. The summed E-state index contributed by atoms with van der Waals surface area (Å²) in [4.78, 5) is 26.9. The number of amides is 3. The van der Waals surface area contributed by atoms with Crippen molar-refractivity contribution in [3.05, 3.63) is 53.7 Å². The number of carbonyl (C=O) groups is 2. The highest BCUT2D eigenvalue weighted by Gasteiger charge is 2.17. The van der Waals surface area contributed by atoms with E-state index in [1.165, 1.54) is 11.3 Å². The Morgan fingerprint density at radius 2 is 2.00 bits per heavy atom. The van der Waals surface area contributed by atoms with Gasteiger partial charge in [0, 0.05) is 19.3 Å². The maximum atomic E-state index is 12.3. The topological polar surface area (TPSA) is 110 Å². The van der Waals surface area contributed by atoms with E-state index in [9.17, 15) is 9.59 Å². The van der Waals surface area contributed by atoms with Crippen LogP contribution in [-0.2, 0) is 16.1 Å². The van der Waals surface area contributed by atoms with Gasteiger partial charge in [-0.3, -0.25) is 15.0 Å². The second-order valence-electron chi connectivity index (χ2n) is 6.05. The van der Waals surface area contributed by atoms with E-state index in [1.54, 1.807) is 36.3 Å². The Bertz CT molecular complexity index is 914. The summed E-state index contributed by atoms with van der Waals surface area (Å²) < 4.78 is 10.8. The first-order valence-electron chi connectivity index (χ1n) is 8.87. The average Bonchev–Trinajstić information content (AvgIpc) is 3.38. The van der Waals surface area contributed by atoms with Gasteiger partial charge in [0.25, 0.3) is 5.89 Å². The molecular weight excluding hydrogens is 394 g/mol. The molecule has 0 aliphatic carbocycles. The first kappa shape index (κ1) is 20.6. The Labute approximate surface area is 171 Å². The molecule has 3 amide bonds. The summed E-state index contributed by atoms with van der Waals surface area (Å²) in [7, 11) is 1.58. The molecular formula is C19H21N5O4S. The molecule has 0 saturated heterocycles. The fourth-order valence-electron chi connectivity index (χ4n) is 2.50. The van der Waals surface area contributed by atoms with Crippen molar-refractivity contribution in [1.82, 2.24) is 20.4 Å². The van der Waals surface area contributed by atoms with Crippen LogP contribution in [0.2, 0.25) is 0 Å². The van der Waals surface area contributed by atoms with Crippen LogP contribution in [0.5, 0.6) is 0 Å². The second-order valence-corrected chi connectivity index (χ2v) is 7.00. The van der Waals surface area contributed by atoms with Crippen LogP contribution >= 0.6 is 11.3 Å². The SMILES string of the molecule is COCCN(CC(=O)NC(=O)Nc1ccccc1)Cc1nnc(-c2cccs2)o1. The quantitative estimate of drug-likeness (QED) is 0.553. The van der Waals surface area contributed by atoms with Gasteiger partial charge in [-0.2, -0.15) is 0 Å². The van der Waals surface area contributed by atoms with Gasteiger partial charge in [-0.1, -0.05) is 24.3 Å². The number of anilines is 1. The number of nitrogens with zero attached hydrogens (tertiary/aromatic N) is 3. The molecule has 2 N–H and O–H groups in total. The molecule has 1 aromatic carbocycles. The molecule has 0 fully saturated rings. The molecule has 152 valence electrons. The molecule has 10 heteroatoms. The van der Waals surface area contributed by atoms with Crippen molar-refractivity contribution in [3.8, 4) is 10.8 Å². The van der Waals surface area contributed by atoms with Crippen molar-refractivity contribution >= 4 is 29.0 Å². The van der Waals surface area contributed by atoms with E-state index in [-0.39, 0.29) is 13.1 Å². The number of nitrogens with one attached hydrogen (secondary N) is 2. The highest BCUT2D eigenvalue weighted by molar-refractivity contribution is 7.13. The van der Waals surface area contributed by atoms with Crippen molar-refractivity contribution < 1.29 is 18.7 Å². The third kappa shape index (κ3) is 6.49. The Morgan fingerprint density at radius 1 is 1.17 bits per heavy atom. The number of hydrogen-bond acceptors (Lipinski definition) is 8. The van der Waals surface area contributed by atoms with Gasteiger partial charge in [0.05, 0.1) is 24.6 Å². The van der Waals surface area contributed by atoms with Crippen LogP contribution in [0.3, 0.4) is 0 Å². The van der Waals surface area contributed by atoms with E-state index in [0.29, 0.717) is 30.6 Å². The number of ether oxygens (including phenoxy) is 1. The van der Waals surface area contributed by atoms with Crippen LogP contribution in [-0.4, -0.2) is 53.8 Å². The number of aromatic nitrogens is 2. The predicted molar refractivity (Wildman–Crippen MR) is 108 cm³/mol. The van der Waals surface area contributed by atoms with Gasteiger partial charge in [-0.15, -0.1) is 21.5 Å². The molecule has 3 rings (SSSR count). The highest BCUT2D eigenvalue weighted by atomic mass is 32.1. The van der Waals surface area contributed by atoms with Crippen LogP contribution < -0.4 is 10.6 Å². The fraction of sp³-hybridized carbons (Fsp3) is 0.263. The van der Waals surface area contributed by atoms with Crippen molar-refractivity contribution in [2.75, 3.05) is 32.1 Å². The number of urea groups is 1. The van der Waals surface area contributed by atoms with E-state index in [4.69, 9.17) is 9.15 Å². The number of hydrogen-bond donors (Lipinski definition) is 2. The minimum atomic E-state index is -0.592. The van der Waals surface area contributed by atoms with Crippen molar-refractivity contribution in [2.45, 2.75) is 6.54 Å². The standard InChI is InChI=1S/C19H21N5O4S/c1-27-10-9-24(13-17-22-23-18(28-17)15-8-5-11-29-15)12-16(25)21-19(26)20-14-6-3-2-4-7-14/h2-8,11H,9-10,12-13H2,1H3,(H2,20,21,25,26). The van der Waals surface area contributed by atoms with E-state index in [2.05, 4.69) is 20.8 Å². The lowest BCUT2D eigenvalue weighted by Crippen LogP contribution is -2.42. The van der Waals surface area contributed by atoms with Gasteiger partial charge in [-0.05, 0) is 23.6 Å². The zero-order valence-corrected chi connectivity index (χ0v) is 16.6. The zero-order valence-electron chi connectivity index (χ0n) is 15.8. The van der Waals surface area contributed by atoms with Crippen LogP contribution in [0.25, 0.3) is 10.8 Å². The molecule has 0 unspecified atom stereocenters. The van der Waals surface area contributed by atoms with Gasteiger partial charge >= 0.3 is 6.03 Å². The monoisotopic (exact) mass is 415 g/mol. The summed E-state index contributed by atoms with van der Waals surface area (Å²) in [5.41, 5.74) is 0.598. The Balaban J connectivity index is 1.55. The van der Waals surface area contributed by atoms with E-state index in [0.717, 1.165) is 4.88 Å². The Kier molecular flexibility index (Phi) is 7.45.